The zero-order valence-electron chi connectivity index (χ0n) is 17.2. The Bertz CT molecular complexity index is 1250. The van der Waals surface area contributed by atoms with Gasteiger partial charge in [-0.25, -0.2) is 4.98 Å². The van der Waals surface area contributed by atoms with Crippen LogP contribution in [0.15, 0.2) is 60.9 Å². The Morgan fingerprint density at radius 3 is 2.42 bits per heavy atom. The van der Waals surface area contributed by atoms with Crippen LogP contribution in [-0.4, -0.2) is 20.8 Å². The summed E-state index contributed by atoms with van der Waals surface area (Å²) in [4.78, 5) is 4.97. The summed E-state index contributed by atoms with van der Waals surface area (Å²) in [6, 6.07) is 16.0. The number of benzene rings is 2. The number of nitrogens with one attached hydrogen (secondary N) is 1. The Morgan fingerprint density at radius 2 is 1.71 bits per heavy atom. The van der Waals surface area contributed by atoms with Gasteiger partial charge in [0.25, 0.3) is 0 Å². The summed E-state index contributed by atoms with van der Waals surface area (Å²) in [7, 11) is 0. The third-order valence-corrected chi connectivity index (χ3v) is 6.21. The lowest BCUT2D eigenvalue weighted by molar-refractivity contribution is 0.0785. The van der Waals surface area contributed by atoms with Crippen molar-refractivity contribution < 1.29 is 4.74 Å². The largest absolute Gasteiger partial charge is 0.471 e. The lowest BCUT2D eigenvalue weighted by atomic mass is 9.91. The van der Waals surface area contributed by atoms with Crippen molar-refractivity contribution in [2.45, 2.75) is 32.3 Å². The standard InChI is InChI=1S/C25H21Cl2N3O/c1-25(2)10-9-17-11-21(15-3-6-19(26)7-4-15)23(30-24(17)31-25)20-8-5-16(12-22(20)27)18-13-28-29-14-18/h3-8,11-14H,9-10H2,1-2H3,(H,28,29). The molecule has 0 radical (unpaired) electrons. The number of aryl methyl sites for hydroxylation is 1. The van der Waals surface area contributed by atoms with Crippen LogP contribution in [0.2, 0.25) is 10.0 Å². The Kier molecular flexibility index (Phi) is 4.99. The maximum atomic E-state index is 6.77. The molecule has 1 aliphatic heterocycles. The van der Waals surface area contributed by atoms with Crippen LogP contribution in [0.25, 0.3) is 33.5 Å². The van der Waals surface area contributed by atoms with E-state index in [0.29, 0.717) is 15.9 Å². The molecule has 31 heavy (non-hydrogen) atoms. The number of rotatable bonds is 3. The first-order valence-corrected chi connectivity index (χ1v) is 10.9. The average Bonchev–Trinajstić information content (AvgIpc) is 3.28. The molecular formula is C25H21Cl2N3O. The fraction of sp³-hybridized carbons (Fsp3) is 0.200. The minimum Gasteiger partial charge on any atom is -0.471 e. The van der Waals surface area contributed by atoms with Crippen LogP contribution < -0.4 is 4.74 Å². The number of hydrogen-bond acceptors (Lipinski definition) is 3. The molecule has 5 rings (SSSR count). The molecule has 0 unspecified atom stereocenters. The highest BCUT2D eigenvalue weighted by molar-refractivity contribution is 6.33. The van der Waals surface area contributed by atoms with Crippen molar-refractivity contribution in [1.82, 2.24) is 15.2 Å². The van der Waals surface area contributed by atoms with Gasteiger partial charge in [-0.15, -0.1) is 0 Å². The van der Waals surface area contributed by atoms with Crippen LogP contribution in [0.4, 0.5) is 0 Å². The van der Waals surface area contributed by atoms with Crippen molar-refractivity contribution >= 4 is 23.2 Å². The molecule has 0 amide bonds. The zero-order chi connectivity index (χ0) is 21.6. The summed E-state index contributed by atoms with van der Waals surface area (Å²) in [5, 5.41) is 8.18. The molecule has 156 valence electrons. The van der Waals surface area contributed by atoms with E-state index in [1.54, 1.807) is 6.20 Å². The first-order chi connectivity index (χ1) is 14.9. The summed E-state index contributed by atoms with van der Waals surface area (Å²) < 4.78 is 6.23. The molecule has 0 aliphatic carbocycles. The molecule has 0 fully saturated rings. The summed E-state index contributed by atoms with van der Waals surface area (Å²) in [5.41, 5.74) is 6.54. The number of hydrogen-bond donors (Lipinski definition) is 1. The monoisotopic (exact) mass is 449 g/mol. The summed E-state index contributed by atoms with van der Waals surface area (Å²) >= 11 is 12.9. The Morgan fingerprint density at radius 1 is 0.935 bits per heavy atom. The van der Waals surface area contributed by atoms with Crippen molar-refractivity contribution in [2.75, 3.05) is 0 Å². The van der Waals surface area contributed by atoms with E-state index < -0.39 is 0 Å². The third-order valence-electron chi connectivity index (χ3n) is 5.64. The molecule has 0 atom stereocenters. The lowest BCUT2D eigenvalue weighted by Crippen LogP contribution is -2.33. The Labute approximate surface area is 191 Å². The van der Waals surface area contributed by atoms with Crippen molar-refractivity contribution in [2.24, 2.45) is 0 Å². The highest BCUT2D eigenvalue weighted by Crippen LogP contribution is 2.42. The zero-order valence-corrected chi connectivity index (χ0v) is 18.8. The van der Waals surface area contributed by atoms with Gasteiger partial charge in [0.15, 0.2) is 0 Å². The molecule has 0 bridgehead atoms. The van der Waals surface area contributed by atoms with E-state index in [9.17, 15) is 0 Å². The van der Waals surface area contributed by atoms with Gasteiger partial charge in [-0.2, -0.15) is 5.10 Å². The molecule has 0 saturated carbocycles. The highest BCUT2D eigenvalue weighted by Gasteiger charge is 2.29. The van der Waals surface area contributed by atoms with Gasteiger partial charge in [-0.3, -0.25) is 5.10 Å². The second-order valence-electron chi connectivity index (χ2n) is 8.40. The number of ether oxygens (including phenoxy) is 1. The Balaban J connectivity index is 1.68. The molecule has 1 aliphatic rings. The number of nitrogens with zero attached hydrogens (tertiary/aromatic N) is 2. The van der Waals surface area contributed by atoms with Crippen LogP contribution >= 0.6 is 23.2 Å². The van der Waals surface area contributed by atoms with Crippen LogP contribution in [0.1, 0.15) is 25.8 Å². The molecule has 2 aromatic heterocycles. The highest BCUT2D eigenvalue weighted by atomic mass is 35.5. The average molecular weight is 450 g/mol. The van der Waals surface area contributed by atoms with Crippen LogP contribution in [0.5, 0.6) is 5.88 Å². The van der Waals surface area contributed by atoms with E-state index >= 15 is 0 Å². The first-order valence-electron chi connectivity index (χ1n) is 10.2. The number of fused-ring (bicyclic) bond motifs is 1. The molecule has 4 nitrogen and oxygen atoms in total. The third kappa shape index (κ3) is 3.93. The predicted molar refractivity (Wildman–Crippen MR) is 126 cm³/mol. The normalized spacial score (nSPS) is 14.7. The van der Waals surface area contributed by atoms with E-state index in [4.69, 9.17) is 32.9 Å². The van der Waals surface area contributed by atoms with Gasteiger partial charge in [-0.1, -0.05) is 47.5 Å². The lowest BCUT2D eigenvalue weighted by Gasteiger charge is -2.32. The van der Waals surface area contributed by atoms with Gasteiger partial charge in [0, 0.05) is 33.5 Å². The smallest absolute Gasteiger partial charge is 0.217 e. The summed E-state index contributed by atoms with van der Waals surface area (Å²) in [6.45, 7) is 4.19. The van der Waals surface area contributed by atoms with Crippen molar-refractivity contribution in [3.05, 3.63) is 76.5 Å². The predicted octanol–water partition coefficient (Wildman–Crippen LogP) is 7.22. The maximum Gasteiger partial charge on any atom is 0.217 e. The van der Waals surface area contributed by atoms with Crippen LogP contribution in [0, 0.1) is 0 Å². The molecule has 3 heterocycles. The van der Waals surface area contributed by atoms with Crippen LogP contribution in [-0.2, 0) is 6.42 Å². The van der Waals surface area contributed by atoms with Gasteiger partial charge in [-0.05, 0) is 62.1 Å². The molecule has 4 aromatic rings. The van der Waals surface area contributed by atoms with Crippen LogP contribution in [0.3, 0.4) is 0 Å². The molecule has 1 N–H and O–H groups in total. The second-order valence-corrected chi connectivity index (χ2v) is 9.24. The molecule has 6 heteroatoms. The van der Waals surface area contributed by atoms with Gasteiger partial charge in [0.2, 0.25) is 5.88 Å². The van der Waals surface area contributed by atoms with Gasteiger partial charge < -0.3 is 4.74 Å². The number of aromatic amines is 1. The van der Waals surface area contributed by atoms with Gasteiger partial charge >= 0.3 is 0 Å². The van der Waals surface area contributed by atoms with Crippen molar-refractivity contribution in [1.29, 1.82) is 0 Å². The van der Waals surface area contributed by atoms with E-state index in [1.807, 2.05) is 48.7 Å². The van der Waals surface area contributed by atoms with Crippen molar-refractivity contribution in [3.63, 3.8) is 0 Å². The topological polar surface area (TPSA) is 50.8 Å². The SMILES string of the molecule is CC1(C)CCc2cc(-c3ccc(Cl)cc3)c(-c3ccc(-c4cn[nH]c4)cc3Cl)nc2O1. The van der Waals surface area contributed by atoms with Gasteiger partial charge in [0.1, 0.15) is 5.60 Å². The molecular weight excluding hydrogens is 429 g/mol. The molecule has 0 saturated heterocycles. The summed E-state index contributed by atoms with van der Waals surface area (Å²) in [5.74, 6) is 0.680. The number of aromatic nitrogens is 3. The number of H-pyrrole nitrogens is 1. The fourth-order valence-corrected chi connectivity index (χ4v) is 4.30. The minimum atomic E-state index is -0.242. The minimum absolute atomic E-state index is 0.242. The molecule has 0 spiro atoms. The van der Waals surface area contributed by atoms with Gasteiger partial charge in [0.05, 0.1) is 16.9 Å². The van der Waals surface area contributed by atoms with E-state index in [0.717, 1.165) is 51.9 Å². The number of halogens is 2. The fourth-order valence-electron chi connectivity index (χ4n) is 3.90. The Hall–Kier alpha value is -2.82. The first kappa shape index (κ1) is 20.1. The maximum absolute atomic E-state index is 6.77. The van der Waals surface area contributed by atoms with E-state index in [2.05, 4.69) is 30.1 Å². The summed E-state index contributed by atoms with van der Waals surface area (Å²) in [6.07, 6.45) is 5.49. The van der Waals surface area contributed by atoms with E-state index in [1.165, 1.54) is 0 Å². The van der Waals surface area contributed by atoms with E-state index in [-0.39, 0.29) is 5.60 Å². The molecule has 2 aromatic carbocycles. The van der Waals surface area contributed by atoms with Crippen molar-refractivity contribution in [3.8, 4) is 39.4 Å². The second kappa shape index (κ2) is 7.70. The quantitative estimate of drug-likeness (QED) is 0.359. The number of pyridine rings is 1.